The van der Waals surface area contributed by atoms with Gasteiger partial charge in [-0.1, -0.05) is 30.3 Å². The number of alkyl halides is 1. The Bertz CT molecular complexity index is 691. The molecule has 8 heteroatoms. The summed E-state index contributed by atoms with van der Waals surface area (Å²) in [6, 6.07) is 10.4. The quantitative estimate of drug-likeness (QED) is 0.670. The van der Waals surface area contributed by atoms with Crippen LogP contribution in [0.5, 0.6) is 0 Å². The van der Waals surface area contributed by atoms with Crippen LogP contribution in [-0.4, -0.2) is 85.6 Å². The lowest BCUT2D eigenvalue weighted by Gasteiger charge is -2.42. The van der Waals surface area contributed by atoms with E-state index in [0.717, 1.165) is 19.5 Å². The third-order valence-corrected chi connectivity index (χ3v) is 6.49. The van der Waals surface area contributed by atoms with Crippen LogP contribution in [-0.2, 0) is 4.79 Å². The van der Waals surface area contributed by atoms with Gasteiger partial charge in [0.05, 0.1) is 18.2 Å². The van der Waals surface area contributed by atoms with Gasteiger partial charge >= 0.3 is 0 Å². The van der Waals surface area contributed by atoms with Crippen molar-refractivity contribution in [3.8, 4) is 0 Å². The van der Waals surface area contributed by atoms with Gasteiger partial charge in [0.2, 0.25) is 5.91 Å². The lowest BCUT2D eigenvalue weighted by Crippen LogP contribution is -2.60. The molecule has 0 radical (unpaired) electrons. The molecule has 0 bridgehead atoms. The summed E-state index contributed by atoms with van der Waals surface area (Å²) >= 11 is 0. The van der Waals surface area contributed by atoms with E-state index >= 15 is 0 Å². The fraction of sp³-hybridized carbons (Fsp3) is 0.650. The Kier molecular flexibility index (Phi) is 5.66. The number of carbonyl (C=O) groups excluding carboxylic acids is 1. The second-order valence-corrected chi connectivity index (χ2v) is 8.29. The van der Waals surface area contributed by atoms with Crippen LogP contribution in [0, 0.1) is 5.92 Å². The average Bonchev–Trinajstić information content (AvgIpc) is 2.94. The number of hydrogen-bond donors (Lipinski definition) is 3. The second-order valence-electron chi connectivity index (χ2n) is 8.29. The predicted octanol–water partition coefficient (Wildman–Crippen LogP) is -0.0787. The molecule has 4 N–H and O–H groups in total. The van der Waals surface area contributed by atoms with Crippen LogP contribution < -0.4 is 16.4 Å². The molecule has 6 atom stereocenters. The zero-order valence-electron chi connectivity index (χ0n) is 16.6. The zero-order chi connectivity index (χ0) is 19.8. The van der Waals surface area contributed by atoms with Crippen LogP contribution in [0.25, 0.3) is 0 Å². The van der Waals surface area contributed by atoms with Gasteiger partial charge in [-0.3, -0.25) is 9.69 Å². The summed E-state index contributed by atoms with van der Waals surface area (Å²) in [6.45, 7) is 2.28. The highest BCUT2D eigenvalue weighted by Crippen LogP contribution is 2.33. The fourth-order valence-corrected chi connectivity index (χ4v) is 5.05. The molecule has 0 aliphatic carbocycles. The molecule has 3 fully saturated rings. The number of hydrazine groups is 1. The third kappa shape index (κ3) is 3.55. The molecule has 0 aromatic heterocycles. The van der Waals surface area contributed by atoms with E-state index in [2.05, 4.69) is 22.8 Å². The van der Waals surface area contributed by atoms with Crippen molar-refractivity contribution in [1.29, 1.82) is 0 Å². The van der Waals surface area contributed by atoms with Gasteiger partial charge in [0.25, 0.3) is 0 Å². The first kappa shape index (κ1) is 19.7. The normalized spacial score (nSPS) is 37.6. The van der Waals surface area contributed by atoms with Crippen LogP contribution >= 0.6 is 0 Å². The Morgan fingerprint density at radius 3 is 2.75 bits per heavy atom. The molecule has 3 saturated heterocycles. The Morgan fingerprint density at radius 1 is 1.25 bits per heavy atom. The third-order valence-electron chi connectivity index (χ3n) is 6.49. The van der Waals surface area contributed by atoms with E-state index in [9.17, 15) is 9.18 Å². The molecule has 4 rings (SSSR count). The van der Waals surface area contributed by atoms with Crippen molar-refractivity contribution >= 4 is 5.91 Å². The van der Waals surface area contributed by atoms with E-state index in [4.69, 9.17) is 5.73 Å². The van der Waals surface area contributed by atoms with Gasteiger partial charge in [-0.25, -0.2) is 14.4 Å². The van der Waals surface area contributed by atoms with Crippen molar-refractivity contribution in [2.75, 3.05) is 40.3 Å². The highest BCUT2D eigenvalue weighted by Gasteiger charge is 2.53. The van der Waals surface area contributed by atoms with E-state index in [1.54, 1.807) is 0 Å². The van der Waals surface area contributed by atoms with Crippen LogP contribution in [0.1, 0.15) is 17.9 Å². The van der Waals surface area contributed by atoms with Crippen molar-refractivity contribution in [3.63, 3.8) is 0 Å². The average molecular weight is 391 g/mol. The number of rotatable bonds is 3. The number of amides is 1. The van der Waals surface area contributed by atoms with Crippen molar-refractivity contribution in [3.05, 3.63) is 35.9 Å². The number of piperidine rings is 1. The number of carbonyl (C=O) groups is 1. The van der Waals surface area contributed by atoms with E-state index in [0.29, 0.717) is 6.54 Å². The number of nitrogens with zero attached hydrogens (tertiary/aromatic N) is 3. The van der Waals surface area contributed by atoms with E-state index < -0.39 is 18.3 Å². The number of hydrogen-bond acceptors (Lipinski definition) is 6. The van der Waals surface area contributed by atoms with Crippen LogP contribution in [0.3, 0.4) is 0 Å². The van der Waals surface area contributed by atoms with Gasteiger partial charge in [0.15, 0.2) is 0 Å². The van der Waals surface area contributed by atoms with Crippen molar-refractivity contribution < 1.29 is 9.18 Å². The van der Waals surface area contributed by atoms with Crippen LogP contribution in [0.15, 0.2) is 30.3 Å². The molecule has 1 aromatic carbocycles. The summed E-state index contributed by atoms with van der Waals surface area (Å²) in [7, 11) is 3.70. The molecule has 154 valence electrons. The van der Waals surface area contributed by atoms with Crippen molar-refractivity contribution in [2.45, 2.75) is 36.9 Å². The second kappa shape index (κ2) is 8.04. The Morgan fingerprint density at radius 2 is 2.00 bits per heavy atom. The summed E-state index contributed by atoms with van der Waals surface area (Å²) in [5.74, 6) is -0.205. The smallest absolute Gasteiger partial charge is 0.229 e. The van der Waals surface area contributed by atoms with Crippen LogP contribution in [0.4, 0.5) is 4.39 Å². The standard InChI is InChI=1S/C20H31FN6O/c1-25-11-14(21)12-27-20(25)17(18(22)26(27)2)19(28)24-16-10-23-9-8-15(16)13-6-4-3-5-7-13/h3-7,14-18,20,23H,8-12,22H2,1-2H3,(H,24,28). The molecule has 7 nitrogen and oxygen atoms in total. The first-order chi connectivity index (χ1) is 13.5. The summed E-state index contributed by atoms with van der Waals surface area (Å²) in [5, 5.41) is 10.4. The predicted molar refractivity (Wildman–Crippen MR) is 106 cm³/mol. The van der Waals surface area contributed by atoms with Crippen molar-refractivity contribution in [2.24, 2.45) is 11.7 Å². The number of nitrogens with one attached hydrogen (secondary N) is 2. The molecule has 6 unspecified atom stereocenters. The molecule has 1 aromatic rings. The molecular weight excluding hydrogens is 359 g/mol. The highest BCUT2D eigenvalue weighted by molar-refractivity contribution is 5.81. The summed E-state index contributed by atoms with van der Waals surface area (Å²) in [4.78, 5) is 15.2. The first-order valence-corrected chi connectivity index (χ1v) is 10.1. The Hall–Kier alpha value is -1.58. The molecule has 3 heterocycles. The van der Waals surface area contributed by atoms with Gasteiger partial charge in [-0.05, 0) is 25.6 Å². The molecule has 1 amide bonds. The minimum Gasteiger partial charge on any atom is -0.351 e. The molecule has 0 saturated carbocycles. The minimum atomic E-state index is -0.942. The van der Waals surface area contributed by atoms with E-state index in [1.165, 1.54) is 5.56 Å². The Balaban J connectivity index is 1.52. The monoisotopic (exact) mass is 390 g/mol. The summed E-state index contributed by atoms with van der Waals surface area (Å²) < 4.78 is 14.1. The molecule has 0 spiro atoms. The maximum atomic E-state index is 14.1. The van der Waals surface area contributed by atoms with Gasteiger partial charge in [-0.2, -0.15) is 0 Å². The number of benzene rings is 1. The summed E-state index contributed by atoms with van der Waals surface area (Å²) in [6.07, 6.45) is -0.643. The maximum absolute atomic E-state index is 14.1. The molecular formula is C20H31FN6O. The topological polar surface area (TPSA) is 76.9 Å². The van der Waals surface area contributed by atoms with Crippen molar-refractivity contribution in [1.82, 2.24) is 25.6 Å². The van der Waals surface area contributed by atoms with Gasteiger partial charge < -0.3 is 16.4 Å². The Labute approximate surface area is 166 Å². The lowest BCUT2D eigenvalue weighted by molar-refractivity contribution is -0.132. The lowest BCUT2D eigenvalue weighted by atomic mass is 9.85. The summed E-state index contributed by atoms with van der Waals surface area (Å²) in [5.41, 5.74) is 7.65. The number of fused-ring (bicyclic) bond motifs is 1. The number of halogens is 1. The molecule has 3 aliphatic heterocycles. The van der Waals surface area contributed by atoms with Crippen LogP contribution in [0.2, 0.25) is 0 Å². The van der Waals surface area contributed by atoms with Gasteiger partial charge in [0, 0.05) is 38.6 Å². The first-order valence-electron chi connectivity index (χ1n) is 10.1. The highest BCUT2D eigenvalue weighted by atomic mass is 19.1. The van der Waals surface area contributed by atoms with E-state index in [-0.39, 0.29) is 30.6 Å². The molecule has 3 aliphatic rings. The number of nitrogens with two attached hydrogens (primary N) is 1. The van der Waals surface area contributed by atoms with Gasteiger partial charge in [-0.15, -0.1) is 0 Å². The fourth-order valence-electron chi connectivity index (χ4n) is 5.05. The SMILES string of the molecule is CN1CC(F)CN2C1C(C(=O)NC1CNCCC1c1ccccc1)C(N)N2C. The minimum absolute atomic E-state index is 0.0121. The van der Waals surface area contributed by atoms with E-state index in [1.807, 2.05) is 47.2 Å². The maximum Gasteiger partial charge on any atom is 0.229 e. The molecule has 28 heavy (non-hydrogen) atoms. The zero-order valence-corrected chi connectivity index (χ0v) is 16.6. The largest absolute Gasteiger partial charge is 0.351 e. The van der Waals surface area contributed by atoms with Gasteiger partial charge in [0.1, 0.15) is 6.17 Å².